The molecule has 1 rings (SSSR count). The Kier molecular flexibility index (Phi) is 6.88. The predicted octanol–water partition coefficient (Wildman–Crippen LogP) is 3.96. The minimum atomic E-state index is 0.0386. The molecule has 1 amide bonds. The van der Waals surface area contributed by atoms with Gasteiger partial charge >= 0.3 is 0 Å². The van der Waals surface area contributed by atoms with E-state index in [1.165, 1.54) is 12.8 Å². The summed E-state index contributed by atoms with van der Waals surface area (Å²) >= 11 is 1.76. The fraction of sp³-hybridized carbons (Fsp3) is 0.533. The van der Waals surface area contributed by atoms with Crippen molar-refractivity contribution in [1.29, 1.82) is 0 Å². The fourth-order valence-corrected chi connectivity index (χ4v) is 2.85. The highest BCUT2D eigenvalue weighted by molar-refractivity contribution is 8.00. The van der Waals surface area contributed by atoms with Crippen LogP contribution in [0, 0.1) is 0 Å². The summed E-state index contributed by atoms with van der Waals surface area (Å²) in [4.78, 5) is 14.2. The van der Waals surface area contributed by atoms with Crippen molar-refractivity contribution in [3.63, 3.8) is 0 Å². The Hall–Kier alpha value is -0.960. The molecule has 0 radical (unpaired) electrons. The number of carbonyl (C=O) groups is 1. The van der Waals surface area contributed by atoms with Crippen molar-refractivity contribution in [2.45, 2.75) is 38.9 Å². The van der Waals surface area contributed by atoms with Crippen LogP contribution in [0.3, 0.4) is 0 Å². The maximum atomic E-state index is 12.4. The number of benzene rings is 1. The highest BCUT2D eigenvalue weighted by Crippen LogP contribution is 2.20. The minimum Gasteiger partial charge on any atom is -0.312 e. The van der Waals surface area contributed by atoms with Gasteiger partial charge in [0.2, 0.25) is 5.91 Å². The van der Waals surface area contributed by atoms with Crippen molar-refractivity contribution in [2.75, 3.05) is 17.2 Å². The normalized spacial score (nSPS) is 12.2. The van der Waals surface area contributed by atoms with Crippen LogP contribution in [0.15, 0.2) is 30.3 Å². The first kappa shape index (κ1) is 15.1. The molecule has 2 nitrogen and oxygen atoms in total. The lowest BCUT2D eigenvalue weighted by Gasteiger charge is -2.24. The molecule has 0 aliphatic carbocycles. The summed E-state index contributed by atoms with van der Waals surface area (Å²) in [6.07, 6.45) is 2.36. The Morgan fingerprint density at radius 3 is 2.50 bits per heavy atom. The van der Waals surface area contributed by atoms with E-state index in [-0.39, 0.29) is 11.2 Å². The molecule has 0 aliphatic heterocycles. The number of carbonyl (C=O) groups excluding carboxylic acids is 1. The van der Waals surface area contributed by atoms with Crippen LogP contribution in [0.4, 0.5) is 5.69 Å². The van der Waals surface area contributed by atoms with Gasteiger partial charge in [0, 0.05) is 12.2 Å². The van der Waals surface area contributed by atoms with Gasteiger partial charge in [-0.1, -0.05) is 31.5 Å². The van der Waals surface area contributed by atoms with E-state index in [1.54, 1.807) is 11.8 Å². The van der Waals surface area contributed by atoms with Gasteiger partial charge < -0.3 is 4.90 Å². The summed E-state index contributed by atoms with van der Waals surface area (Å²) in [7, 11) is 0. The van der Waals surface area contributed by atoms with Gasteiger partial charge in [-0.05, 0) is 38.2 Å². The molecular weight excluding hydrogens is 242 g/mol. The number of rotatable bonds is 7. The molecule has 18 heavy (non-hydrogen) atoms. The third kappa shape index (κ3) is 4.37. The van der Waals surface area contributed by atoms with Crippen molar-refractivity contribution >= 4 is 23.4 Å². The molecule has 0 spiro atoms. The van der Waals surface area contributed by atoms with Crippen LogP contribution in [0.25, 0.3) is 0 Å². The molecule has 100 valence electrons. The second-order valence-electron chi connectivity index (χ2n) is 4.28. The number of anilines is 1. The molecule has 1 aromatic carbocycles. The van der Waals surface area contributed by atoms with Crippen LogP contribution in [-0.4, -0.2) is 23.5 Å². The number of amides is 1. The van der Waals surface area contributed by atoms with Gasteiger partial charge in [0.15, 0.2) is 0 Å². The quantitative estimate of drug-likeness (QED) is 0.695. The number of thioether (sulfide) groups is 1. The Balaban J connectivity index is 2.62. The highest BCUT2D eigenvalue weighted by atomic mass is 32.2. The fourth-order valence-electron chi connectivity index (χ4n) is 1.77. The zero-order chi connectivity index (χ0) is 13.4. The van der Waals surface area contributed by atoms with Gasteiger partial charge in [-0.15, -0.1) is 11.8 Å². The number of para-hydroxylation sites is 1. The van der Waals surface area contributed by atoms with Crippen LogP contribution < -0.4 is 4.90 Å². The van der Waals surface area contributed by atoms with Crippen molar-refractivity contribution in [3.05, 3.63) is 30.3 Å². The molecule has 0 bridgehead atoms. The number of hydrogen-bond acceptors (Lipinski definition) is 2. The third-order valence-electron chi connectivity index (χ3n) is 2.86. The van der Waals surface area contributed by atoms with Crippen LogP contribution in [0.2, 0.25) is 0 Å². The van der Waals surface area contributed by atoms with E-state index in [9.17, 15) is 4.79 Å². The zero-order valence-corrected chi connectivity index (χ0v) is 12.4. The minimum absolute atomic E-state index is 0.0386. The SMILES string of the molecule is CCCCSC(C)C(=O)N(CC)c1ccccc1. The second kappa shape index (κ2) is 8.20. The van der Waals surface area contributed by atoms with E-state index in [0.29, 0.717) is 0 Å². The molecule has 1 atom stereocenters. The van der Waals surface area contributed by atoms with Crippen molar-refractivity contribution in [3.8, 4) is 0 Å². The van der Waals surface area contributed by atoms with Crippen molar-refractivity contribution < 1.29 is 4.79 Å². The summed E-state index contributed by atoms with van der Waals surface area (Å²) in [5, 5.41) is 0.0386. The van der Waals surface area contributed by atoms with Crippen molar-refractivity contribution in [1.82, 2.24) is 0 Å². The van der Waals surface area contributed by atoms with Crippen LogP contribution >= 0.6 is 11.8 Å². The Labute approximate surface area is 115 Å². The number of hydrogen-bond donors (Lipinski definition) is 0. The van der Waals surface area contributed by atoms with Gasteiger partial charge in [-0.25, -0.2) is 0 Å². The van der Waals surface area contributed by atoms with E-state index < -0.39 is 0 Å². The molecule has 0 saturated heterocycles. The van der Waals surface area contributed by atoms with E-state index in [1.807, 2.05) is 49.1 Å². The van der Waals surface area contributed by atoms with E-state index in [2.05, 4.69) is 6.92 Å². The highest BCUT2D eigenvalue weighted by Gasteiger charge is 2.20. The third-order valence-corrected chi connectivity index (χ3v) is 4.09. The molecule has 0 N–H and O–H groups in total. The largest absolute Gasteiger partial charge is 0.312 e. The molecule has 3 heteroatoms. The molecule has 1 unspecified atom stereocenters. The van der Waals surface area contributed by atoms with Gasteiger partial charge in [0.05, 0.1) is 5.25 Å². The monoisotopic (exact) mass is 265 g/mol. The molecule has 0 saturated carbocycles. The van der Waals surface area contributed by atoms with E-state index >= 15 is 0 Å². The summed E-state index contributed by atoms with van der Waals surface area (Å²) in [5.41, 5.74) is 0.993. The first-order chi connectivity index (χ1) is 8.70. The summed E-state index contributed by atoms with van der Waals surface area (Å²) in [5.74, 6) is 1.28. The lowest BCUT2D eigenvalue weighted by Crippen LogP contribution is -2.36. The van der Waals surface area contributed by atoms with Crippen molar-refractivity contribution in [2.24, 2.45) is 0 Å². The maximum absolute atomic E-state index is 12.4. The average molecular weight is 265 g/mol. The van der Waals surface area contributed by atoms with Gasteiger partial charge in [0.1, 0.15) is 0 Å². The number of unbranched alkanes of at least 4 members (excludes halogenated alkanes) is 1. The molecular formula is C15H23NOS. The first-order valence-electron chi connectivity index (χ1n) is 6.68. The molecule has 0 aliphatic rings. The topological polar surface area (TPSA) is 20.3 Å². The second-order valence-corrected chi connectivity index (χ2v) is 5.73. The summed E-state index contributed by atoms with van der Waals surface area (Å²) in [6.45, 7) is 6.93. The van der Waals surface area contributed by atoms with Crippen LogP contribution in [0.1, 0.15) is 33.6 Å². The van der Waals surface area contributed by atoms with E-state index in [0.717, 1.165) is 18.0 Å². The standard InChI is InChI=1S/C15H23NOS/c1-4-6-12-18-13(3)15(17)16(5-2)14-10-8-7-9-11-14/h7-11,13H,4-6,12H2,1-3H3. The Morgan fingerprint density at radius 1 is 1.28 bits per heavy atom. The summed E-state index contributed by atoms with van der Waals surface area (Å²) in [6, 6.07) is 9.90. The van der Waals surface area contributed by atoms with Gasteiger partial charge in [0.25, 0.3) is 0 Å². The number of nitrogens with zero attached hydrogens (tertiary/aromatic N) is 1. The summed E-state index contributed by atoms with van der Waals surface area (Å²) < 4.78 is 0. The average Bonchev–Trinajstić information content (AvgIpc) is 2.41. The maximum Gasteiger partial charge on any atom is 0.239 e. The predicted molar refractivity (Wildman–Crippen MR) is 81.3 cm³/mol. The Morgan fingerprint density at radius 2 is 1.94 bits per heavy atom. The Bertz CT molecular complexity index is 353. The van der Waals surface area contributed by atoms with E-state index in [4.69, 9.17) is 0 Å². The molecule has 1 aromatic rings. The van der Waals surface area contributed by atoms with Gasteiger partial charge in [-0.2, -0.15) is 0 Å². The van der Waals surface area contributed by atoms with Gasteiger partial charge in [-0.3, -0.25) is 4.79 Å². The van der Waals surface area contributed by atoms with Crippen LogP contribution in [0.5, 0.6) is 0 Å². The molecule has 0 fully saturated rings. The first-order valence-corrected chi connectivity index (χ1v) is 7.73. The lowest BCUT2D eigenvalue weighted by molar-refractivity contribution is -0.117. The lowest BCUT2D eigenvalue weighted by atomic mass is 10.2. The molecule has 0 heterocycles. The smallest absolute Gasteiger partial charge is 0.239 e. The zero-order valence-electron chi connectivity index (χ0n) is 11.6. The molecule has 0 aromatic heterocycles. The van der Waals surface area contributed by atoms with Crippen LogP contribution in [-0.2, 0) is 4.79 Å².